The van der Waals surface area contributed by atoms with Crippen molar-refractivity contribution in [2.45, 2.75) is 6.54 Å². The summed E-state index contributed by atoms with van der Waals surface area (Å²) < 4.78 is 2.15. The number of para-hydroxylation sites is 2. The normalized spacial score (nSPS) is 10.8. The molecule has 0 atom stereocenters. The number of rotatable bonds is 4. The zero-order valence-corrected chi connectivity index (χ0v) is 14.7. The van der Waals surface area contributed by atoms with Crippen molar-refractivity contribution >= 4 is 22.5 Å². The SMILES string of the molecule is CN(C(=O)c1cn(Cc2ccccc2)c2ccccc12)c1ccccc1. The summed E-state index contributed by atoms with van der Waals surface area (Å²) in [4.78, 5) is 14.8. The summed E-state index contributed by atoms with van der Waals surface area (Å²) in [7, 11) is 1.82. The molecule has 3 nitrogen and oxygen atoms in total. The highest BCUT2D eigenvalue weighted by atomic mass is 16.2. The lowest BCUT2D eigenvalue weighted by Gasteiger charge is -2.16. The van der Waals surface area contributed by atoms with Crippen LogP contribution in [0.1, 0.15) is 15.9 Å². The van der Waals surface area contributed by atoms with E-state index in [4.69, 9.17) is 0 Å². The van der Waals surface area contributed by atoms with Crippen LogP contribution in [0.15, 0.2) is 91.1 Å². The Labute approximate surface area is 153 Å². The van der Waals surface area contributed by atoms with Crippen LogP contribution in [-0.4, -0.2) is 17.5 Å². The van der Waals surface area contributed by atoms with Crippen molar-refractivity contribution in [3.05, 3.63) is 102 Å². The van der Waals surface area contributed by atoms with Gasteiger partial charge in [0.2, 0.25) is 0 Å². The first kappa shape index (κ1) is 16.2. The highest BCUT2D eigenvalue weighted by Crippen LogP contribution is 2.25. The van der Waals surface area contributed by atoms with Crippen molar-refractivity contribution in [2.24, 2.45) is 0 Å². The molecule has 0 unspecified atom stereocenters. The number of benzene rings is 3. The average molecular weight is 340 g/mol. The first-order valence-electron chi connectivity index (χ1n) is 8.69. The molecule has 0 saturated carbocycles. The molecule has 0 spiro atoms. The van der Waals surface area contributed by atoms with E-state index in [2.05, 4.69) is 22.8 Å². The second-order valence-electron chi connectivity index (χ2n) is 6.37. The van der Waals surface area contributed by atoms with Crippen molar-refractivity contribution < 1.29 is 4.79 Å². The number of hydrogen-bond acceptors (Lipinski definition) is 1. The maximum atomic E-state index is 13.1. The Morgan fingerprint density at radius 2 is 1.46 bits per heavy atom. The van der Waals surface area contributed by atoms with E-state index in [1.165, 1.54) is 5.56 Å². The Bertz CT molecular complexity index is 1040. The van der Waals surface area contributed by atoms with Crippen molar-refractivity contribution in [3.8, 4) is 0 Å². The molecule has 1 amide bonds. The number of amides is 1. The molecular weight excluding hydrogens is 320 g/mol. The highest BCUT2D eigenvalue weighted by molar-refractivity contribution is 6.13. The molecule has 3 aromatic carbocycles. The summed E-state index contributed by atoms with van der Waals surface area (Å²) >= 11 is 0. The Morgan fingerprint density at radius 1 is 0.846 bits per heavy atom. The van der Waals surface area contributed by atoms with Gasteiger partial charge in [0.05, 0.1) is 5.56 Å². The molecule has 0 saturated heterocycles. The van der Waals surface area contributed by atoms with Gasteiger partial charge in [-0.15, -0.1) is 0 Å². The maximum Gasteiger partial charge on any atom is 0.260 e. The topological polar surface area (TPSA) is 25.2 Å². The molecule has 26 heavy (non-hydrogen) atoms. The number of nitrogens with zero attached hydrogens (tertiary/aromatic N) is 2. The van der Waals surface area contributed by atoms with Crippen LogP contribution in [0.2, 0.25) is 0 Å². The van der Waals surface area contributed by atoms with Crippen LogP contribution in [0.4, 0.5) is 5.69 Å². The zero-order chi connectivity index (χ0) is 17.9. The molecule has 0 aliphatic heterocycles. The van der Waals surface area contributed by atoms with E-state index in [0.29, 0.717) is 0 Å². The van der Waals surface area contributed by atoms with Crippen LogP contribution in [0.3, 0.4) is 0 Å². The lowest BCUT2D eigenvalue weighted by molar-refractivity contribution is 0.0994. The van der Waals surface area contributed by atoms with E-state index < -0.39 is 0 Å². The smallest absolute Gasteiger partial charge is 0.260 e. The third-order valence-corrected chi connectivity index (χ3v) is 4.66. The summed E-state index contributed by atoms with van der Waals surface area (Å²) in [5, 5.41) is 0.983. The van der Waals surface area contributed by atoms with E-state index in [-0.39, 0.29) is 5.91 Å². The quantitative estimate of drug-likeness (QED) is 0.515. The van der Waals surface area contributed by atoms with Gasteiger partial charge in [-0.1, -0.05) is 66.7 Å². The van der Waals surface area contributed by atoms with Crippen molar-refractivity contribution in [1.82, 2.24) is 4.57 Å². The van der Waals surface area contributed by atoms with Gasteiger partial charge in [0, 0.05) is 36.4 Å². The minimum atomic E-state index is -0.000730. The molecule has 0 radical (unpaired) electrons. The number of fused-ring (bicyclic) bond motifs is 1. The molecule has 128 valence electrons. The van der Waals surface area contributed by atoms with E-state index in [1.807, 2.05) is 80.0 Å². The zero-order valence-electron chi connectivity index (χ0n) is 14.7. The Hall–Kier alpha value is -3.33. The summed E-state index contributed by atoms with van der Waals surface area (Å²) in [5.74, 6) is -0.000730. The van der Waals surface area contributed by atoms with E-state index in [1.54, 1.807) is 4.90 Å². The van der Waals surface area contributed by atoms with Gasteiger partial charge in [-0.05, 0) is 23.8 Å². The van der Waals surface area contributed by atoms with Gasteiger partial charge < -0.3 is 9.47 Å². The van der Waals surface area contributed by atoms with Gasteiger partial charge in [0.1, 0.15) is 0 Å². The summed E-state index contributed by atoms with van der Waals surface area (Å²) in [6.45, 7) is 0.740. The fourth-order valence-electron chi connectivity index (χ4n) is 3.28. The largest absolute Gasteiger partial charge is 0.342 e. The van der Waals surface area contributed by atoms with E-state index in [0.717, 1.165) is 28.7 Å². The lowest BCUT2D eigenvalue weighted by Crippen LogP contribution is -2.25. The number of hydrogen-bond donors (Lipinski definition) is 0. The average Bonchev–Trinajstić information content (AvgIpc) is 3.07. The van der Waals surface area contributed by atoms with Crippen LogP contribution in [0.25, 0.3) is 10.9 Å². The Kier molecular flexibility index (Phi) is 4.28. The van der Waals surface area contributed by atoms with Gasteiger partial charge in [-0.3, -0.25) is 4.79 Å². The van der Waals surface area contributed by atoms with Crippen LogP contribution in [0, 0.1) is 0 Å². The number of anilines is 1. The van der Waals surface area contributed by atoms with Gasteiger partial charge in [0.25, 0.3) is 5.91 Å². The minimum Gasteiger partial charge on any atom is -0.342 e. The predicted molar refractivity (Wildman–Crippen MR) is 107 cm³/mol. The maximum absolute atomic E-state index is 13.1. The first-order valence-corrected chi connectivity index (χ1v) is 8.69. The predicted octanol–water partition coefficient (Wildman–Crippen LogP) is 4.97. The molecule has 0 aliphatic rings. The third-order valence-electron chi connectivity index (χ3n) is 4.66. The van der Waals surface area contributed by atoms with Gasteiger partial charge in [0.15, 0.2) is 0 Å². The molecular formula is C23H20N2O. The van der Waals surface area contributed by atoms with Crippen LogP contribution >= 0.6 is 0 Å². The molecule has 4 aromatic rings. The van der Waals surface area contributed by atoms with Gasteiger partial charge in [-0.25, -0.2) is 0 Å². The fourth-order valence-corrected chi connectivity index (χ4v) is 3.28. The molecule has 1 aromatic heterocycles. The summed E-state index contributed by atoms with van der Waals surface area (Å²) in [6.07, 6.45) is 1.97. The molecule has 3 heteroatoms. The van der Waals surface area contributed by atoms with E-state index >= 15 is 0 Å². The monoisotopic (exact) mass is 340 g/mol. The van der Waals surface area contributed by atoms with Gasteiger partial charge in [-0.2, -0.15) is 0 Å². The number of carbonyl (C=O) groups is 1. The Balaban J connectivity index is 1.75. The fraction of sp³-hybridized carbons (Fsp3) is 0.0870. The summed E-state index contributed by atoms with van der Waals surface area (Å²) in [5.41, 5.74) is 3.89. The van der Waals surface area contributed by atoms with Gasteiger partial charge >= 0.3 is 0 Å². The van der Waals surface area contributed by atoms with Crippen molar-refractivity contribution in [1.29, 1.82) is 0 Å². The minimum absolute atomic E-state index is 0.000730. The first-order chi connectivity index (χ1) is 12.7. The lowest BCUT2D eigenvalue weighted by atomic mass is 10.1. The second kappa shape index (κ2) is 6.89. The Morgan fingerprint density at radius 3 is 2.19 bits per heavy atom. The van der Waals surface area contributed by atoms with Crippen LogP contribution in [0.5, 0.6) is 0 Å². The van der Waals surface area contributed by atoms with Crippen molar-refractivity contribution in [2.75, 3.05) is 11.9 Å². The van der Waals surface area contributed by atoms with Crippen molar-refractivity contribution in [3.63, 3.8) is 0 Å². The summed E-state index contributed by atoms with van der Waals surface area (Å²) in [6, 6.07) is 28.1. The third kappa shape index (κ3) is 3.00. The molecule has 4 rings (SSSR count). The number of carbonyl (C=O) groups excluding carboxylic acids is 1. The van der Waals surface area contributed by atoms with Crippen LogP contribution < -0.4 is 4.90 Å². The molecule has 0 N–H and O–H groups in total. The molecule has 0 fully saturated rings. The molecule has 1 heterocycles. The van der Waals surface area contributed by atoms with Crippen LogP contribution in [-0.2, 0) is 6.54 Å². The number of aromatic nitrogens is 1. The van der Waals surface area contributed by atoms with E-state index in [9.17, 15) is 4.79 Å². The standard InChI is InChI=1S/C23H20N2O/c1-24(19-12-6-3-7-13-19)23(26)21-17-25(16-18-10-4-2-5-11-18)22-15-9-8-14-20(21)22/h2-15,17H,16H2,1H3. The molecule has 0 bridgehead atoms. The second-order valence-corrected chi connectivity index (χ2v) is 6.37. The highest BCUT2D eigenvalue weighted by Gasteiger charge is 2.19. The molecule has 0 aliphatic carbocycles.